The molecule has 0 aromatic heterocycles. The van der Waals surface area contributed by atoms with Crippen LogP contribution < -0.4 is 5.32 Å². The fourth-order valence-electron chi connectivity index (χ4n) is 1.22. The highest BCUT2D eigenvalue weighted by molar-refractivity contribution is 9.10. The van der Waals surface area contributed by atoms with Crippen molar-refractivity contribution in [2.45, 2.75) is 18.7 Å². The van der Waals surface area contributed by atoms with E-state index in [1.54, 1.807) is 6.07 Å². The molecule has 0 bridgehead atoms. The van der Waals surface area contributed by atoms with Crippen LogP contribution in [0.1, 0.15) is 12.5 Å². The van der Waals surface area contributed by atoms with Gasteiger partial charge >= 0.3 is 0 Å². The predicted molar refractivity (Wildman–Crippen MR) is 68.8 cm³/mol. The summed E-state index contributed by atoms with van der Waals surface area (Å²) >= 11 is 5.10. The first-order valence-corrected chi connectivity index (χ1v) is 6.88. The lowest BCUT2D eigenvalue weighted by Gasteiger charge is -2.10. The highest BCUT2D eigenvalue weighted by atomic mass is 79.9. The van der Waals surface area contributed by atoms with E-state index in [1.165, 1.54) is 6.07 Å². The average molecular weight is 292 g/mol. The van der Waals surface area contributed by atoms with E-state index in [0.717, 1.165) is 16.6 Å². The van der Waals surface area contributed by atoms with Gasteiger partial charge in [-0.1, -0.05) is 22.9 Å². The summed E-state index contributed by atoms with van der Waals surface area (Å²) in [4.78, 5) is 0. The minimum absolute atomic E-state index is 0.195. The summed E-state index contributed by atoms with van der Waals surface area (Å²) in [5.41, 5.74) is 0.968. The third kappa shape index (κ3) is 5.00. The van der Waals surface area contributed by atoms with Gasteiger partial charge in [0.2, 0.25) is 0 Å². The SMILES string of the molecule is CSC(C)CNCc1cc(F)cc(Br)c1. The van der Waals surface area contributed by atoms with E-state index >= 15 is 0 Å². The van der Waals surface area contributed by atoms with Crippen LogP contribution in [0.2, 0.25) is 0 Å². The number of benzene rings is 1. The molecule has 0 aliphatic carbocycles. The van der Waals surface area contributed by atoms with Crippen molar-refractivity contribution in [2.24, 2.45) is 0 Å². The van der Waals surface area contributed by atoms with Crippen LogP contribution in [0, 0.1) is 5.82 Å². The van der Waals surface area contributed by atoms with Crippen molar-refractivity contribution in [3.63, 3.8) is 0 Å². The zero-order valence-electron chi connectivity index (χ0n) is 8.89. The fourth-order valence-corrected chi connectivity index (χ4v) is 2.01. The Morgan fingerprint density at radius 1 is 1.47 bits per heavy atom. The van der Waals surface area contributed by atoms with Gasteiger partial charge in [0.1, 0.15) is 5.82 Å². The van der Waals surface area contributed by atoms with Crippen LogP contribution in [0.4, 0.5) is 4.39 Å². The molecule has 0 aliphatic rings. The molecule has 0 spiro atoms. The Hall–Kier alpha value is -0.0600. The molecule has 1 aromatic carbocycles. The second-order valence-electron chi connectivity index (χ2n) is 3.45. The van der Waals surface area contributed by atoms with Crippen molar-refractivity contribution in [3.05, 3.63) is 34.1 Å². The molecule has 4 heteroatoms. The minimum atomic E-state index is -0.195. The number of nitrogens with one attached hydrogen (secondary N) is 1. The molecule has 84 valence electrons. The van der Waals surface area contributed by atoms with Crippen LogP contribution >= 0.6 is 27.7 Å². The van der Waals surface area contributed by atoms with Gasteiger partial charge in [0, 0.05) is 22.8 Å². The Morgan fingerprint density at radius 2 is 2.20 bits per heavy atom. The number of rotatable bonds is 5. The van der Waals surface area contributed by atoms with Crippen molar-refractivity contribution in [3.8, 4) is 0 Å². The molecule has 1 aromatic rings. The standard InChI is InChI=1S/C11H15BrFNS/c1-8(15-2)6-14-7-9-3-10(12)5-11(13)4-9/h3-5,8,14H,6-7H2,1-2H3. The second-order valence-corrected chi connectivity index (χ2v) is 5.65. The number of thioether (sulfide) groups is 1. The quantitative estimate of drug-likeness (QED) is 0.892. The lowest BCUT2D eigenvalue weighted by Crippen LogP contribution is -2.22. The largest absolute Gasteiger partial charge is 0.312 e. The second kappa shape index (κ2) is 6.51. The first-order valence-electron chi connectivity index (χ1n) is 4.80. The molecular formula is C11H15BrFNS. The Kier molecular flexibility index (Phi) is 5.64. The number of hydrogen-bond acceptors (Lipinski definition) is 2. The van der Waals surface area contributed by atoms with E-state index in [0.29, 0.717) is 11.8 Å². The summed E-state index contributed by atoms with van der Waals surface area (Å²) in [5, 5.41) is 3.88. The first-order chi connectivity index (χ1) is 7.11. The Morgan fingerprint density at radius 3 is 2.80 bits per heavy atom. The van der Waals surface area contributed by atoms with Crippen LogP contribution in [0.3, 0.4) is 0 Å². The maximum atomic E-state index is 13.0. The van der Waals surface area contributed by atoms with E-state index in [1.807, 2.05) is 17.8 Å². The van der Waals surface area contributed by atoms with Crippen molar-refractivity contribution >= 4 is 27.7 Å². The molecular weight excluding hydrogens is 277 g/mol. The summed E-state index contributed by atoms with van der Waals surface area (Å²) in [7, 11) is 0. The van der Waals surface area contributed by atoms with Crippen LogP contribution in [0.25, 0.3) is 0 Å². The summed E-state index contributed by atoms with van der Waals surface area (Å²) < 4.78 is 13.8. The van der Waals surface area contributed by atoms with Gasteiger partial charge in [-0.3, -0.25) is 0 Å². The fraction of sp³-hybridized carbons (Fsp3) is 0.455. The lowest BCUT2D eigenvalue weighted by atomic mass is 10.2. The maximum Gasteiger partial charge on any atom is 0.124 e. The third-order valence-electron chi connectivity index (χ3n) is 2.09. The third-order valence-corrected chi connectivity index (χ3v) is 3.51. The van der Waals surface area contributed by atoms with Crippen molar-refractivity contribution in [2.75, 3.05) is 12.8 Å². The van der Waals surface area contributed by atoms with Crippen LogP contribution in [-0.2, 0) is 6.54 Å². The van der Waals surface area contributed by atoms with Gasteiger partial charge in [0.05, 0.1) is 0 Å². The Labute approximate surface area is 103 Å². The van der Waals surface area contributed by atoms with E-state index in [-0.39, 0.29) is 5.82 Å². The summed E-state index contributed by atoms with van der Waals surface area (Å²) in [5.74, 6) is -0.195. The van der Waals surface area contributed by atoms with E-state index < -0.39 is 0 Å². The Bertz CT molecular complexity index is 299. The smallest absolute Gasteiger partial charge is 0.124 e. The number of halogens is 2. The van der Waals surface area contributed by atoms with Gasteiger partial charge in [-0.2, -0.15) is 11.8 Å². The highest BCUT2D eigenvalue weighted by Gasteiger charge is 2.01. The topological polar surface area (TPSA) is 12.0 Å². The average Bonchev–Trinajstić information content (AvgIpc) is 2.16. The monoisotopic (exact) mass is 291 g/mol. The zero-order chi connectivity index (χ0) is 11.3. The lowest BCUT2D eigenvalue weighted by molar-refractivity contribution is 0.619. The zero-order valence-corrected chi connectivity index (χ0v) is 11.3. The summed E-state index contributed by atoms with van der Waals surface area (Å²) in [6.07, 6.45) is 2.09. The predicted octanol–water partition coefficient (Wildman–Crippen LogP) is 3.43. The summed E-state index contributed by atoms with van der Waals surface area (Å²) in [6, 6.07) is 4.95. The molecule has 1 rings (SSSR count). The van der Waals surface area contributed by atoms with Crippen LogP contribution in [0.5, 0.6) is 0 Å². The molecule has 0 aliphatic heterocycles. The molecule has 0 radical (unpaired) electrons. The van der Waals surface area contributed by atoms with Gasteiger partial charge in [-0.05, 0) is 30.0 Å². The van der Waals surface area contributed by atoms with Crippen molar-refractivity contribution < 1.29 is 4.39 Å². The van der Waals surface area contributed by atoms with Crippen LogP contribution in [-0.4, -0.2) is 18.1 Å². The maximum absolute atomic E-state index is 13.0. The molecule has 0 amide bonds. The first kappa shape index (κ1) is 13.0. The highest BCUT2D eigenvalue weighted by Crippen LogP contribution is 2.14. The summed E-state index contributed by atoms with van der Waals surface area (Å²) in [6.45, 7) is 3.82. The van der Waals surface area contributed by atoms with Gasteiger partial charge in [0.25, 0.3) is 0 Å². The van der Waals surface area contributed by atoms with Gasteiger partial charge in [-0.25, -0.2) is 4.39 Å². The van der Waals surface area contributed by atoms with E-state index in [2.05, 4.69) is 34.4 Å². The Balaban J connectivity index is 2.43. The van der Waals surface area contributed by atoms with E-state index in [9.17, 15) is 4.39 Å². The van der Waals surface area contributed by atoms with Crippen molar-refractivity contribution in [1.29, 1.82) is 0 Å². The minimum Gasteiger partial charge on any atom is -0.312 e. The molecule has 15 heavy (non-hydrogen) atoms. The molecule has 0 heterocycles. The van der Waals surface area contributed by atoms with Gasteiger partial charge < -0.3 is 5.32 Å². The molecule has 0 saturated heterocycles. The van der Waals surface area contributed by atoms with E-state index in [4.69, 9.17) is 0 Å². The molecule has 0 saturated carbocycles. The van der Waals surface area contributed by atoms with Gasteiger partial charge in [0.15, 0.2) is 0 Å². The molecule has 1 atom stereocenters. The van der Waals surface area contributed by atoms with Crippen molar-refractivity contribution in [1.82, 2.24) is 5.32 Å². The molecule has 1 nitrogen and oxygen atoms in total. The van der Waals surface area contributed by atoms with Gasteiger partial charge in [-0.15, -0.1) is 0 Å². The number of hydrogen-bond donors (Lipinski definition) is 1. The molecule has 1 N–H and O–H groups in total. The normalized spacial score (nSPS) is 12.8. The molecule has 1 unspecified atom stereocenters. The molecule has 0 fully saturated rings. The van der Waals surface area contributed by atoms with Crippen LogP contribution in [0.15, 0.2) is 22.7 Å².